The zero-order valence-electron chi connectivity index (χ0n) is 18.3. The highest BCUT2D eigenvalue weighted by Gasteiger charge is 2.17. The maximum absolute atomic E-state index is 12.4. The summed E-state index contributed by atoms with van der Waals surface area (Å²) in [5.74, 6) is 0.277. The average molecular weight is 495 g/mol. The fourth-order valence-corrected chi connectivity index (χ4v) is 4.76. The van der Waals surface area contributed by atoms with Gasteiger partial charge >= 0.3 is 5.97 Å². The van der Waals surface area contributed by atoms with Crippen LogP contribution in [0.2, 0.25) is 0 Å². The number of hydrogen-bond donors (Lipinski definition) is 1. The summed E-state index contributed by atoms with van der Waals surface area (Å²) in [6, 6.07) is 20.9. The molecular formula is C24H22N4O4S2. The van der Waals surface area contributed by atoms with Crippen LogP contribution in [0.25, 0.3) is 11.6 Å². The van der Waals surface area contributed by atoms with Crippen LogP contribution in [0.15, 0.2) is 92.4 Å². The van der Waals surface area contributed by atoms with E-state index >= 15 is 0 Å². The molecule has 0 aliphatic heterocycles. The van der Waals surface area contributed by atoms with Gasteiger partial charge in [-0.25, -0.2) is 0 Å². The van der Waals surface area contributed by atoms with E-state index in [1.54, 1.807) is 30.2 Å². The number of ether oxygens (including phenoxy) is 1. The van der Waals surface area contributed by atoms with Gasteiger partial charge in [-0.1, -0.05) is 53.9 Å². The first-order valence-electron chi connectivity index (χ1n) is 10.5. The third-order valence-electron chi connectivity index (χ3n) is 4.59. The van der Waals surface area contributed by atoms with Crippen LogP contribution in [0.5, 0.6) is 0 Å². The molecule has 174 valence electrons. The largest absolute Gasteiger partial charge is 0.461 e. The molecule has 0 saturated carbocycles. The van der Waals surface area contributed by atoms with Crippen LogP contribution >= 0.6 is 23.5 Å². The zero-order chi connectivity index (χ0) is 23.8. The Morgan fingerprint density at radius 1 is 1.03 bits per heavy atom. The van der Waals surface area contributed by atoms with E-state index in [4.69, 9.17) is 9.15 Å². The van der Waals surface area contributed by atoms with E-state index in [2.05, 4.69) is 15.5 Å². The molecule has 2 aromatic heterocycles. The molecule has 2 heterocycles. The Labute approximate surface area is 205 Å². The highest BCUT2D eigenvalue weighted by molar-refractivity contribution is 7.99. The van der Waals surface area contributed by atoms with Crippen molar-refractivity contribution >= 4 is 41.1 Å². The topological polar surface area (TPSA) is 99.2 Å². The van der Waals surface area contributed by atoms with Gasteiger partial charge in [-0.15, -0.1) is 10.2 Å². The van der Waals surface area contributed by atoms with Crippen LogP contribution in [0.3, 0.4) is 0 Å². The van der Waals surface area contributed by atoms with Crippen molar-refractivity contribution in [3.05, 3.63) is 73.0 Å². The van der Waals surface area contributed by atoms with Gasteiger partial charge in [0, 0.05) is 16.3 Å². The monoisotopic (exact) mass is 494 g/mol. The number of amides is 1. The minimum absolute atomic E-state index is 0.00398. The molecule has 0 atom stereocenters. The van der Waals surface area contributed by atoms with Crippen molar-refractivity contribution in [2.45, 2.75) is 28.4 Å². The molecule has 8 nitrogen and oxygen atoms in total. The van der Waals surface area contributed by atoms with Gasteiger partial charge in [-0.3, -0.25) is 14.2 Å². The molecule has 0 fully saturated rings. The van der Waals surface area contributed by atoms with Crippen LogP contribution in [0.1, 0.15) is 6.92 Å². The second-order valence-corrected chi connectivity index (χ2v) is 8.99. The standard InChI is InChI=1S/C24H22N4O4S2/c1-2-28-23(19-12-8-14-31-19)26-27-24(28)33-16-22(30)32-15-21(29)25-18-11-6-7-13-20(18)34-17-9-4-3-5-10-17/h3-14H,2,15-16H2,1H3,(H,25,29). The number of thioether (sulfide) groups is 1. The SMILES string of the molecule is CCn1c(SCC(=O)OCC(=O)Nc2ccccc2Sc2ccccc2)nnc1-c1ccco1. The van der Waals surface area contributed by atoms with Crippen molar-refractivity contribution in [2.75, 3.05) is 17.7 Å². The Hall–Kier alpha value is -3.50. The molecule has 0 radical (unpaired) electrons. The quantitative estimate of drug-likeness (QED) is 0.243. The van der Waals surface area contributed by atoms with Crippen molar-refractivity contribution in [1.29, 1.82) is 0 Å². The van der Waals surface area contributed by atoms with Crippen LogP contribution in [0, 0.1) is 0 Å². The fourth-order valence-electron chi connectivity index (χ4n) is 3.04. The number of aromatic nitrogens is 3. The second-order valence-electron chi connectivity index (χ2n) is 6.94. The molecule has 0 saturated heterocycles. The lowest BCUT2D eigenvalue weighted by Gasteiger charge is -2.11. The molecule has 34 heavy (non-hydrogen) atoms. The summed E-state index contributed by atoms with van der Waals surface area (Å²) in [5.41, 5.74) is 0.660. The first kappa shape index (κ1) is 23.7. The molecule has 4 rings (SSSR count). The number of carbonyl (C=O) groups excluding carboxylic acids is 2. The number of furan rings is 1. The summed E-state index contributed by atoms with van der Waals surface area (Å²) >= 11 is 2.74. The lowest BCUT2D eigenvalue weighted by Crippen LogP contribution is -2.22. The van der Waals surface area contributed by atoms with E-state index in [0.29, 0.717) is 29.0 Å². The molecule has 0 bridgehead atoms. The maximum Gasteiger partial charge on any atom is 0.316 e. The van der Waals surface area contributed by atoms with E-state index < -0.39 is 11.9 Å². The molecule has 4 aromatic rings. The summed E-state index contributed by atoms with van der Waals surface area (Å²) in [6.07, 6.45) is 1.57. The number of carbonyl (C=O) groups is 2. The molecular weight excluding hydrogens is 472 g/mol. The van der Waals surface area contributed by atoms with E-state index in [1.807, 2.05) is 66.1 Å². The minimum atomic E-state index is -0.516. The Kier molecular flexibility index (Phi) is 8.05. The van der Waals surface area contributed by atoms with Gasteiger partial charge in [-0.2, -0.15) is 0 Å². The number of esters is 1. The Morgan fingerprint density at radius 2 is 1.82 bits per heavy atom. The van der Waals surface area contributed by atoms with Gasteiger partial charge in [0.05, 0.1) is 17.7 Å². The fraction of sp³-hybridized carbons (Fsp3) is 0.167. The van der Waals surface area contributed by atoms with Crippen molar-refractivity contribution < 1.29 is 18.7 Å². The Bertz CT molecular complexity index is 1240. The van der Waals surface area contributed by atoms with E-state index in [1.165, 1.54) is 11.8 Å². The zero-order valence-corrected chi connectivity index (χ0v) is 20.0. The predicted molar refractivity (Wildman–Crippen MR) is 131 cm³/mol. The van der Waals surface area contributed by atoms with Crippen LogP contribution in [0.4, 0.5) is 5.69 Å². The number of rotatable bonds is 10. The van der Waals surface area contributed by atoms with Crippen LogP contribution in [-0.4, -0.2) is 39.0 Å². The van der Waals surface area contributed by atoms with Gasteiger partial charge < -0.3 is 14.5 Å². The highest BCUT2D eigenvalue weighted by atomic mass is 32.2. The first-order valence-corrected chi connectivity index (χ1v) is 12.3. The van der Waals surface area contributed by atoms with Gasteiger partial charge in [0.15, 0.2) is 23.3 Å². The number of nitrogens with one attached hydrogen (secondary N) is 1. The normalized spacial score (nSPS) is 10.7. The summed E-state index contributed by atoms with van der Waals surface area (Å²) in [7, 11) is 0. The molecule has 0 spiro atoms. The molecule has 2 aromatic carbocycles. The van der Waals surface area contributed by atoms with Gasteiger partial charge in [0.2, 0.25) is 0 Å². The number of nitrogens with zero attached hydrogens (tertiary/aromatic N) is 3. The lowest BCUT2D eigenvalue weighted by molar-refractivity contribution is -0.144. The van der Waals surface area contributed by atoms with Crippen molar-refractivity contribution in [1.82, 2.24) is 14.8 Å². The summed E-state index contributed by atoms with van der Waals surface area (Å²) in [5, 5.41) is 11.7. The van der Waals surface area contributed by atoms with Gasteiger partial charge in [0.1, 0.15) is 0 Å². The minimum Gasteiger partial charge on any atom is -0.461 e. The summed E-state index contributed by atoms with van der Waals surface area (Å²) in [4.78, 5) is 26.6. The number of benzene rings is 2. The Morgan fingerprint density at radius 3 is 2.59 bits per heavy atom. The molecule has 0 unspecified atom stereocenters. The number of para-hydroxylation sites is 1. The third-order valence-corrected chi connectivity index (χ3v) is 6.61. The van der Waals surface area contributed by atoms with E-state index in [9.17, 15) is 9.59 Å². The van der Waals surface area contributed by atoms with Gasteiger partial charge in [0.25, 0.3) is 5.91 Å². The smallest absolute Gasteiger partial charge is 0.316 e. The first-order chi connectivity index (χ1) is 16.6. The van der Waals surface area contributed by atoms with Crippen molar-refractivity contribution in [2.24, 2.45) is 0 Å². The predicted octanol–water partition coefficient (Wildman–Crippen LogP) is 4.98. The Balaban J connectivity index is 1.28. The lowest BCUT2D eigenvalue weighted by atomic mass is 10.3. The van der Waals surface area contributed by atoms with E-state index in [0.717, 1.165) is 9.79 Å². The highest BCUT2D eigenvalue weighted by Crippen LogP contribution is 2.33. The van der Waals surface area contributed by atoms with Crippen LogP contribution < -0.4 is 5.32 Å². The summed E-state index contributed by atoms with van der Waals surface area (Å²) in [6.45, 7) is 2.20. The number of hydrogen-bond acceptors (Lipinski definition) is 8. The second kappa shape index (κ2) is 11.6. The summed E-state index contributed by atoms with van der Waals surface area (Å²) < 4.78 is 12.4. The number of anilines is 1. The molecule has 0 aliphatic carbocycles. The third kappa shape index (κ3) is 6.09. The average Bonchev–Trinajstić information content (AvgIpc) is 3.53. The van der Waals surface area contributed by atoms with Crippen molar-refractivity contribution in [3.8, 4) is 11.6 Å². The maximum atomic E-state index is 12.4. The molecule has 10 heteroatoms. The molecule has 1 amide bonds. The van der Waals surface area contributed by atoms with Crippen molar-refractivity contribution in [3.63, 3.8) is 0 Å². The van der Waals surface area contributed by atoms with Gasteiger partial charge in [-0.05, 0) is 43.3 Å². The van der Waals surface area contributed by atoms with Crippen LogP contribution in [-0.2, 0) is 20.9 Å². The molecule has 0 aliphatic rings. The van der Waals surface area contributed by atoms with E-state index in [-0.39, 0.29) is 12.4 Å². The molecule has 1 N–H and O–H groups in total.